The van der Waals surface area contributed by atoms with Crippen LogP contribution >= 0.6 is 0 Å². The Labute approximate surface area is 69.8 Å². The SMILES string of the molecule is CN1C(=N)C(C#N)=CNS1(=O)=O. The molecule has 1 rings (SSSR count). The van der Waals surface area contributed by atoms with E-state index in [1.807, 2.05) is 4.72 Å². The van der Waals surface area contributed by atoms with E-state index in [0.717, 1.165) is 6.20 Å². The average Bonchev–Trinajstić information content (AvgIpc) is 2.01. The van der Waals surface area contributed by atoms with Crippen molar-refractivity contribution in [3.63, 3.8) is 0 Å². The number of nitrogens with one attached hydrogen (secondary N) is 2. The zero-order valence-electron chi connectivity index (χ0n) is 6.20. The molecule has 0 fully saturated rings. The van der Waals surface area contributed by atoms with Crippen LogP contribution in [0.25, 0.3) is 0 Å². The van der Waals surface area contributed by atoms with Crippen molar-refractivity contribution in [2.45, 2.75) is 0 Å². The number of amidine groups is 1. The Morgan fingerprint density at radius 3 is 2.83 bits per heavy atom. The maximum Gasteiger partial charge on any atom is 0.324 e. The van der Waals surface area contributed by atoms with Gasteiger partial charge in [-0.2, -0.15) is 13.7 Å². The van der Waals surface area contributed by atoms with Crippen LogP contribution in [0.1, 0.15) is 0 Å². The summed E-state index contributed by atoms with van der Waals surface area (Å²) in [4.78, 5) is 0. The molecule has 1 aliphatic heterocycles. The van der Waals surface area contributed by atoms with Crippen LogP contribution in [-0.4, -0.2) is 25.6 Å². The molecule has 12 heavy (non-hydrogen) atoms. The highest BCUT2D eigenvalue weighted by Gasteiger charge is 2.26. The van der Waals surface area contributed by atoms with E-state index in [2.05, 4.69) is 0 Å². The van der Waals surface area contributed by atoms with Gasteiger partial charge in [-0.3, -0.25) is 10.1 Å². The van der Waals surface area contributed by atoms with Crippen molar-refractivity contribution in [3.05, 3.63) is 11.8 Å². The molecule has 1 aliphatic rings. The van der Waals surface area contributed by atoms with E-state index in [0.29, 0.717) is 4.31 Å². The van der Waals surface area contributed by atoms with E-state index in [-0.39, 0.29) is 11.4 Å². The van der Waals surface area contributed by atoms with Crippen molar-refractivity contribution in [2.75, 3.05) is 7.05 Å². The lowest BCUT2D eigenvalue weighted by molar-refractivity contribution is 0.542. The summed E-state index contributed by atoms with van der Waals surface area (Å²) >= 11 is 0. The quantitative estimate of drug-likeness (QED) is 0.515. The van der Waals surface area contributed by atoms with Gasteiger partial charge in [-0.1, -0.05) is 0 Å². The molecule has 6 nitrogen and oxygen atoms in total. The summed E-state index contributed by atoms with van der Waals surface area (Å²) in [6.45, 7) is 0. The Bertz CT molecular complexity index is 388. The van der Waals surface area contributed by atoms with Crippen molar-refractivity contribution < 1.29 is 8.42 Å². The van der Waals surface area contributed by atoms with E-state index in [1.54, 1.807) is 6.07 Å². The van der Waals surface area contributed by atoms with Crippen LogP contribution < -0.4 is 4.72 Å². The van der Waals surface area contributed by atoms with E-state index in [1.165, 1.54) is 7.05 Å². The average molecular weight is 186 g/mol. The van der Waals surface area contributed by atoms with Crippen LogP contribution in [0.5, 0.6) is 0 Å². The molecule has 0 aliphatic carbocycles. The predicted octanol–water partition coefficient (Wildman–Crippen LogP) is -0.849. The van der Waals surface area contributed by atoms with Gasteiger partial charge < -0.3 is 0 Å². The van der Waals surface area contributed by atoms with Crippen LogP contribution in [-0.2, 0) is 10.2 Å². The molecule has 2 N–H and O–H groups in total. The molecule has 0 amide bonds. The van der Waals surface area contributed by atoms with Gasteiger partial charge in [-0.05, 0) is 0 Å². The summed E-state index contributed by atoms with van der Waals surface area (Å²) in [5, 5.41) is 15.7. The van der Waals surface area contributed by atoms with Crippen molar-refractivity contribution in [1.29, 1.82) is 10.7 Å². The largest absolute Gasteiger partial charge is 0.324 e. The van der Waals surface area contributed by atoms with Crippen molar-refractivity contribution in [3.8, 4) is 6.07 Å². The van der Waals surface area contributed by atoms with E-state index < -0.39 is 10.2 Å². The molecule has 64 valence electrons. The van der Waals surface area contributed by atoms with Gasteiger partial charge in [0.2, 0.25) is 0 Å². The Kier molecular flexibility index (Phi) is 1.78. The monoisotopic (exact) mass is 186 g/mol. The van der Waals surface area contributed by atoms with Gasteiger partial charge in [-0.25, -0.2) is 4.31 Å². The van der Waals surface area contributed by atoms with Crippen LogP contribution in [0.2, 0.25) is 0 Å². The van der Waals surface area contributed by atoms with Gasteiger partial charge in [0.05, 0.1) is 0 Å². The van der Waals surface area contributed by atoms with Crippen LogP contribution in [0.3, 0.4) is 0 Å². The van der Waals surface area contributed by atoms with Gasteiger partial charge in [0.15, 0.2) is 5.84 Å². The minimum Gasteiger partial charge on any atom is -0.283 e. The molecule has 0 unspecified atom stereocenters. The smallest absolute Gasteiger partial charge is 0.283 e. The van der Waals surface area contributed by atoms with Gasteiger partial charge in [-0.15, -0.1) is 0 Å². The summed E-state index contributed by atoms with van der Waals surface area (Å²) in [5.41, 5.74) is -0.00711. The second-order valence-electron chi connectivity index (χ2n) is 2.11. The minimum atomic E-state index is -3.62. The lowest BCUT2D eigenvalue weighted by Gasteiger charge is -2.22. The Morgan fingerprint density at radius 2 is 2.33 bits per heavy atom. The molecule has 7 heteroatoms. The number of nitriles is 1. The summed E-state index contributed by atoms with van der Waals surface area (Å²) in [7, 11) is -2.42. The van der Waals surface area contributed by atoms with E-state index >= 15 is 0 Å². The topological polar surface area (TPSA) is 97.1 Å². The van der Waals surface area contributed by atoms with Crippen LogP contribution in [0.4, 0.5) is 0 Å². The summed E-state index contributed by atoms with van der Waals surface area (Å²) in [6.07, 6.45) is 0.998. The number of nitrogens with zero attached hydrogens (tertiary/aromatic N) is 2. The molecule has 0 aromatic carbocycles. The molecular weight excluding hydrogens is 180 g/mol. The Balaban J connectivity index is 3.19. The fraction of sp³-hybridized carbons (Fsp3) is 0.200. The fourth-order valence-corrected chi connectivity index (χ4v) is 1.42. The molecule has 0 saturated carbocycles. The van der Waals surface area contributed by atoms with Crippen LogP contribution in [0, 0.1) is 16.7 Å². The number of hydrogen-bond acceptors (Lipinski definition) is 4. The number of hydrogen-bond donors (Lipinski definition) is 2. The highest BCUT2D eigenvalue weighted by Crippen LogP contribution is 2.08. The third kappa shape index (κ3) is 1.12. The molecule has 0 saturated heterocycles. The van der Waals surface area contributed by atoms with E-state index in [4.69, 9.17) is 10.7 Å². The van der Waals surface area contributed by atoms with Crippen molar-refractivity contribution in [2.24, 2.45) is 0 Å². The fourth-order valence-electron chi connectivity index (χ4n) is 0.656. The molecule has 0 aromatic rings. The zero-order chi connectivity index (χ0) is 9.35. The Hall–Kier alpha value is -1.55. The van der Waals surface area contributed by atoms with Gasteiger partial charge in [0, 0.05) is 13.2 Å². The second-order valence-corrected chi connectivity index (χ2v) is 3.84. The lowest BCUT2D eigenvalue weighted by Crippen LogP contribution is -2.44. The van der Waals surface area contributed by atoms with Gasteiger partial charge >= 0.3 is 10.2 Å². The minimum absolute atomic E-state index is 0.00711. The van der Waals surface area contributed by atoms with Gasteiger partial charge in [0.25, 0.3) is 0 Å². The van der Waals surface area contributed by atoms with Crippen molar-refractivity contribution in [1.82, 2.24) is 9.03 Å². The first-order valence-corrected chi connectivity index (χ1v) is 4.38. The highest BCUT2D eigenvalue weighted by molar-refractivity contribution is 7.87. The third-order valence-electron chi connectivity index (χ3n) is 1.40. The normalized spacial score (nSPS) is 20.8. The summed E-state index contributed by atoms with van der Waals surface area (Å²) in [5.74, 6) is -0.323. The molecule has 0 atom stereocenters. The first kappa shape index (κ1) is 8.55. The lowest BCUT2D eigenvalue weighted by atomic mass is 10.3. The maximum absolute atomic E-state index is 11.0. The summed E-state index contributed by atoms with van der Waals surface area (Å²) < 4.78 is 24.7. The summed E-state index contributed by atoms with van der Waals surface area (Å²) in [6, 6.07) is 1.69. The number of rotatable bonds is 0. The molecule has 0 spiro atoms. The Morgan fingerprint density at radius 1 is 1.75 bits per heavy atom. The zero-order valence-corrected chi connectivity index (χ0v) is 7.01. The molecule has 1 heterocycles. The van der Waals surface area contributed by atoms with Gasteiger partial charge in [0.1, 0.15) is 11.6 Å². The first-order valence-electron chi connectivity index (χ1n) is 2.94. The molecule has 0 aromatic heterocycles. The first-order chi connectivity index (χ1) is 5.49. The molecular formula is C5H6N4O2S. The highest BCUT2D eigenvalue weighted by atomic mass is 32.2. The standard InChI is InChI=1S/C5H6N4O2S/c1-9-5(7)4(2-6)3-8-12(9,10)11/h3,7-8H,1H3. The third-order valence-corrected chi connectivity index (χ3v) is 2.72. The van der Waals surface area contributed by atoms with Crippen molar-refractivity contribution >= 4 is 16.0 Å². The maximum atomic E-state index is 11.0. The number of likely N-dealkylation sites (N-methyl/N-ethyl adjacent to an activating group) is 1. The van der Waals surface area contributed by atoms with E-state index in [9.17, 15) is 8.42 Å². The predicted molar refractivity (Wildman–Crippen MR) is 41.2 cm³/mol. The molecule has 0 bridgehead atoms. The second kappa shape index (κ2) is 2.49. The van der Waals surface area contributed by atoms with Crippen LogP contribution in [0.15, 0.2) is 11.8 Å². The molecule has 0 radical (unpaired) electrons.